The summed E-state index contributed by atoms with van der Waals surface area (Å²) in [5.74, 6) is -1.36. The van der Waals surface area contributed by atoms with Gasteiger partial charge in [-0.25, -0.2) is 0 Å². The average Bonchev–Trinajstić information content (AvgIpc) is 2.88. The number of benzene rings is 2. The fourth-order valence-corrected chi connectivity index (χ4v) is 4.52. The minimum absolute atomic E-state index is 0.00145. The molecule has 3 rings (SSSR count). The molecule has 39 heavy (non-hydrogen) atoms. The van der Waals surface area contributed by atoms with Crippen molar-refractivity contribution in [2.24, 2.45) is 5.10 Å². The topological polar surface area (TPSA) is 115 Å². The van der Waals surface area contributed by atoms with Gasteiger partial charge in [-0.3, -0.25) is 14.4 Å². The first-order chi connectivity index (χ1) is 18.7. The lowest BCUT2D eigenvalue weighted by Crippen LogP contribution is -2.31. The molecular weight excluding hydrogens is 500 g/mol. The highest BCUT2D eigenvalue weighted by molar-refractivity contribution is 6.06. The number of para-hydroxylation sites is 1. The molecule has 2 aromatic carbocycles. The van der Waals surface area contributed by atoms with Gasteiger partial charge in [-0.05, 0) is 25.0 Å². The van der Waals surface area contributed by atoms with Gasteiger partial charge in [-0.2, -0.15) is 5.01 Å². The first kappa shape index (κ1) is 29.7. The molecule has 0 spiro atoms. The molecule has 0 aromatic heterocycles. The van der Waals surface area contributed by atoms with Gasteiger partial charge in [0.15, 0.2) is 17.2 Å². The van der Waals surface area contributed by atoms with Crippen LogP contribution in [0.25, 0.3) is 0 Å². The van der Waals surface area contributed by atoms with Crippen LogP contribution in [0.4, 0.5) is 5.69 Å². The predicted octanol–water partition coefficient (Wildman–Crippen LogP) is 6.42. The van der Waals surface area contributed by atoms with Crippen LogP contribution in [0, 0.1) is 0 Å². The number of aromatic hydroxyl groups is 1. The van der Waals surface area contributed by atoms with Gasteiger partial charge in [0.2, 0.25) is 11.8 Å². The molecule has 0 fully saturated rings. The van der Waals surface area contributed by atoms with E-state index in [4.69, 9.17) is 14.2 Å². The third-order valence-corrected chi connectivity index (χ3v) is 6.35. The summed E-state index contributed by atoms with van der Waals surface area (Å²) in [6.07, 6.45) is 10.5. The Hall–Kier alpha value is -3.88. The van der Waals surface area contributed by atoms with E-state index in [9.17, 15) is 19.5 Å². The molecule has 1 N–H and O–H groups in total. The van der Waals surface area contributed by atoms with E-state index in [0.717, 1.165) is 30.7 Å². The quantitative estimate of drug-likeness (QED) is 0.178. The molecule has 210 valence electrons. The third-order valence-electron chi connectivity index (χ3n) is 6.35. The molecule has 0 bridgehead atoms. The second-order valence-electron chi connectivity index (χ2n) is 9.65. The van der Waals surface area contributed by atoms with E-state index in [2.05, 4.69) is 12.0 Å². The number of hydrogen-bond donors (Lipinski definition) is 1. The molecule has 2 aromatic rings. The van der Waals surface area contributed by atoms with Gasteiger partial charge in [-0.1, -0.05) is 70.4 Å². The maximum Gasteiger partial charge on any atom is 0.308 e. The highest BCUT2D eigenvalue weighted by Gasteiger charge is 2.33. The summed E-state index contributed by atoms with van der Waals surface area (Å²) in [4.78, 5) is 36.7. The number of phenols is 1. The fraction of sp³-hybridized carbons (Fsp3) is 0.467. The van der Waals surface area contributed by atoms with Gasteiger partial charge in [0.25, 0.3) is 0 Å². The normalized spacial score (nSPS) is 12.3. The average molecular weight is 539 g/mol. The zero-order valence-electron chi connectivity index (χ0n) is 23.2. The Morgan fingerprint density at radius 1 is 0.897 bits per heavy atom. The number of amides is 1. The van der Waals surface area contributed by atoms with Crippen LogP contribution in [0.1, 0.15) is 96.6 Å². The third kappa shape index (κ3) is 8.05. The molecule has 1 aliphatic rings. The van der Waals surface area contributed by atoms with Crippen molar-refractivity contribution < 1.29 is 33.7 Å². The summed E-state index contributed by atoms with van der Waals surface area (Å²) in [5, 5.41) is 15.9. The number of phenolic OH excluding ortho intramolecular Hbond substituents is 1. The van der Waals surface area contributed by atoms with Crippen LogP contribution in [-0.4, -0.2) is 28.9 Å². The number of nitrogens with zero attached hydrogens (tertiary/aromatic N) is 2. The Kier molecular flexibility index (Phi) is 10.9. The van der Waals surface area contributed by atoms with Crippen molar-refractivity contribution in [2.75, 3.05) is 5.01 Å². The Labute approximate surface area is 229 Å². The van der Waals surface area contributed by atoms with Crippen LogP contribution < -0.4 is 19.2 Å². The second kappa shape index (κ2) is 14.3. The minimum atomic E-state index is -0.609. The second-order valence-corrected chi connectivity index (χ2v) is 9.65. The molecule has 0 unspecified atom stereocenters. The number of fused-ring (bicyclic) bond motifs is 1. The van der Waals surface area contributed by atoms with E-state index in [1.165, 1.54) is 65.0 Å². The summed E-state index contributed by atoms with van der Waals surface area (Å²) in [7, 11) is 0. The van der Waals surface area contributed by atoms with Crippen LogP contribution in [0.2, 0.25) is 0 Å². The van der Waals surface area contributed by atoms with Gasteiger partial charge in [0, 0.05) is 32.4 Å². The van der Waals surface area contributed by atoms with E-state index < -0.39 is 17.8 Å². The van der Waals surface area contributed by atoms with E-state index in [0.29, 0.717) is 17.5 Å². The molecule has 1 amide bonds. The van der Waals surface area contributed by atoms with Gasteiger partial charge in [-0.15, -0.1) is 5.10 Å². The largest absolute Gasteiger partial charge is 0.507 e. The van der Waals surface area contributed by atoms with E-state index in [1.54, 1.807) is 18.2 Å². The van der Waals surface area contributed by atoms with Crippen molar-refractivity contribution in [1.29, 1.82) is 0 Å². The van der Waals surface area contributed by atoms with Crippen LogP contribution >= 0.6 is 0 Å². The van der Waals surface area contributed by atoms with Gasteiger partial charge >= 0.3 is 11.9 Å². The van der Waals surface area contributed by atoms with Crippen molar-refractivity contribution >= 4 is 29.4 Å². The zero-order chi connectivity index (χ0) is 28.4. The summed E-state index contributed by atoms with van der Waals surface area (Å²) in [6, 6.07) is 7.90. The number of anilines is 1. The first-order valence-corrected chi connectivity index (χ1v) is 13.6. The number of hydrogen-bond acceptors (Lipinski definition) is 8. The molecule has 0 radical (unpaired) electrons. The highest BCUT2D eigenvalue weighted by atomic mass is 16.6. The standard InChI is InChI=1S/C30H38N2O7/c1-5-6-7-8-9-10-11-12-13-17-24-28-25(19-27(37-21(3)34)29(24)38-22(4)35)32(20(2)33)31-30(39-28)23-16-14-15-18-26(23)36/h14-16,18-19,36H,5-13,17H2,1-4H3. The minimum Gasteiger partial charge on any atom is -0.507 e. The van der Waals surface area contributed by atoms with Gasteiger partial charge < -0.3 is 19.3 Å². The smallest absolute Gasteiger partial charge is 0.308 e. The van der Waals surface area contributed by atoms with Crippen LogP contribution in [0.3, 0.4) is 0 Å². The number of carbonyl (C=O) groups is 3. The number of rotatable bonds is 13. The molecule has 0 aliphatic carbocycles. The summed E-state index contributed by atoms with van der Waals surface area (Å²) < 4.78 is 17.1. The molecular formula is C30H38N2O7. The molecule has 1 heterocycles. The van der Waals surface area contributed by atoms with Crippen molar-refractivity contribution in [3.05, 3.63) is 41.5 Å². The number of carbonyl (C=O) groups excluding carboxylic acids is 3. The Morgan fingerprint density at radius 3 is 2.10 bits per heavy atom. The molecule has 1 aliphatic heterocycles. The Bertz CT molecular complexity index is 1220. The van der Waals surface area contributed by atoms with E-state index in [-0.39, 0.29) is 34.6 Å². The Morgan fingerprint density at radius 2 is 1.51 bits per heavy atom. The molecule has 9 nitrogen and oxygen atoms in total. The number of ether oxygens (including phenoxy) is 3. The molecule has 0 saturated carbocycles. The lowest BCUT2D eigenvalue weighted by molar-refractivity contribution is -0.134. The zero-order valence-corrected chi connectivity index (χ0v) is 23.2. The van der Waals surface area contributed by atoms with E-state index in [1.807, 2.05) is 0 Å². The number of esters is 2. The first-order valence-electron chi connectivity index (χ1n) is 13.6. The summed E-state index contributed by atoms with van der Waals surface area (Å²) in [5.41, 5.74) is 1.03. The van der Waals surface area contributed by atoms with Crippen molar-refractivity contribution in [2.45, 2.75) is 91.9 Å². The number of unbranched alkanes of at least 4 members (excludes halogenated alkanes) is 8. The van der Waals surface area contributed by atoms with E-state index >= 15 is 0 Å². The molecule has 0 saturated heterocycles. The Balaban J connectivity index is 1.98. The summed E-state index contributed by atoms with van der Waals surface area (Å²) >= 11 is 0. The van der Waals surface area contributed by atoms with Crippen LogP contribution in [0.15, 0.2) is 35.4 Å². The monoisotopic (exact) mass is 538 g/mol. The SMILES string of the molecule is CCCCCCCCCCCc1c(OC(C)=O)c(OC(C)=O)cc2c1OC(c1ccccc1O)=NN2C(C)=O. The molecule has 0 atom stereocenters. The summed E-state index contributed by atoms with van der Waals surface area (Å²) in [6.45, 7) is 6.05. The number of hydrazone groups is 1. The highest BCUT2D eigenvalue weighted by Crippen LogP contribution is 2.48. The maximum atomic E-state index is 12.7. The predicted molar refractivity (Wildman–Crippen MR) is 148 cm³/mol. The fourth-order valence-electron chi connectivity index (χ4n) is 4.52. The van der Waals surface area contributed by atoms with Crippen LogP contribution in [0.5, 0.6) is 23.0 Å². The lowest BCUT2D eigenvalue weighted by atomic mass is 10.0. The van der Waals surface area contributed by atoms with Crippen LogP contribution in [-0.2, 0) is 20.8 Å². The van der Waals surface area contributed by atoms with Gasteiger partial charge in [0.1, 0.15) is 11.4 Å². The lowest BCUT2D eigenvalue weighted by Gasteiger charge is -2.29. The van der Waals surface area contributed by atoms with Crippen molar-refractivity contribution in [3.8, 4) is 23.0 Å². The van der Waals surface area contributed by atoms with Gasteiger partial charge in [0.05, 0.1) is 5.56 Å². The maximum absolute atomic E-state index is 12.7. The van der Waals surface area contributed by atoms with Crippen molar-refractivity contribution in [3.63, 3.8) is 0 Å². The molecule has 9 heteroatoms. The van der Waals surface area contributed by atoms with Crippen molar-refractivity contribution in [1.82, 2.24) is 0 Å².